The summed E-state index contributed by atoms with van der Waals surface area (Å²) in [7, 11) is 0. The number of alkyl halides is 2. The molecule has 1 aliphatic heterocycles. The molecule has 1 aromatic heterocycles. The van der Waals surface area contributed by atoms with E-state index in [2.05, 4.69) is 32.6 Å². The molecule has 1 N–H and O–H groups in total. The van der Waals surface area contributed by atoms with Crippen molar-refractivity contribution >= 4 is 40.3 Å². The lowest BCUT2D eigenvalue weighted by Gasteiger charge is -2.09. The molecule has 0 spiro atoms. The Morgan fingerprint density at radius 2 is 2.45 bits per heavy atom. The fourth-order valence-corrected chi connectivity index (χ4v) is 1.74. The minimum Gasteiger partial charge on any atom is -0.346 e. The number of nitrogens with one attached hydrogen (secondary N) is 1. The van der Waals surface area contributed by atoms with E-state index < -0.39 is 0 Å². The molecule has 1 aromatic rings. The fourth-order valence-electron chi connectivity index (χ4n) is 1.06. The maximum atomic E-state index is 5.98. The predicted octanol–water partition coefficient (Wildman–Crippen LogP) is 0.797. The van der Waals surface area contributed by atoms with E-state index in [9.17, 15) is 0 Å². The molecule has 0 fully saturated rings. The van der Waals surface area contributed by atoms with E-state index in [1.54, 1.807) is 0 Å². The van der Waals surface area contributed by atoms with E-state index in [0.29, 0.717) is 0 Å². The molecule has 11 heavy (non-hydrogen) atoms. The molecule has 2 rings (SSSR count). The van der Waals surface area contributed by atoms with Crippen molar-refractivity contribution in [2.24, 2.45) is 4.99 Å². The van der Waals surface area contributed by atoms with Crippen molar-refractivity contribution in [2.45, 2.75) is 9.43 Å². The summed E-state index contributed by atoms with van der Waals surface area (Å²) in [4.78, 5) is 7.40. The first-order valence-corrected chi connectivity index (χ1v) is 4.97. The smallest absolute Gasteiger partial charge is 0.133 e. The van der Waals surface area contributed by atoms with Gasteiger partial charge in [-0.05, 0) is 6.07 Å². The molecule has 0 saturated heterocycles. The molecule has 0 aliphatic carbocycles. The van der Waals surface area contributed by atoms with E-state index >= 15 is 0 Å². The van der Waals surface area contributed by atoms with Crippen LogP contribution in [0.25, 0.3) is 6.08 Å². The number of nitrogens with zero attached hydrogens (tertiary/aromatic N) is 1. The van der Waals surface area contributed by atoms with Crippen LogP contribution in [-0.4, -0.2) is 14.4 Å². The fraction of sp³-hybridized carbons (Fsp3) is 0.286. The first kappa shape index (κ1) is 7.61. The summed E-state index contributed by atoms with van der Waals surface area (Å²) in [5, 5.41) is 1.14. The molecular weight excluding hydrogens is 274 g/mol. The van der Waals surface area contributed by atoms with Gasteiger partial charge in [0.25, 0.3) is 0 Å². The molecule has 0 bridgehead atoms. The SMILES string of the molecule is ClC1C=c2cc[nH]c2=NC1I. The first-order valence-electron chi connectivity index (χ1n) is 3.28. The molecule has 1 aliphatic rings. The van der Waals surface area contributed by atoms with E-state index in [1.165, 1.54) is 0 Å². The highest BCUT2D eigenvalue weighted by Gasteiger charge is 2.15. The monoisotopic (exact) mass is 280 g/mol. The van der Waals surface area contributed by atoms with Crippen molar-refractivity contribution in [1.29, 1.82) is 0 Å². The third-order valence-electron chi connectivity index (χ3n) is 1.61. The average Bonchev–Trinajstić information content (AvgIpc) is 2.36. The second-order valence-corrected chi connectivity index (χ2v) is 4.17. The number of rotatable bonds is 0. The zero-order chi connectivity index (χ0) is 7.84. The van der Waals surface area contributed by atoms with Crippen LogP contribution in [0.5, 0.6) is 0 Å². The van der Waals surface area contributed by atoms with Gasteiger partial charge < -0.3 is 4.98 Å². The largest absolute Gasteiger partial charge is 0.346 e. The van der Waals surface area contributed by atoms with Crippen LogP contribution in [0.1, 0.15) is 0 Å². The average molecular weight is 280 g/mol. The van der Waals surface area contributed by atoms with Crippen molar-refractivity contribution in [2.75, 3.05) is 0 Å². The number of aromatic amines is 1. The molecule has 0 saturated carbocycles. The zero-order valence-electron chi connectivity index (χ0n) is 5.59. The Labute approximate surface area is 82.5 Å². The molecule has 0 aromatic carbocycles. The molecule has 2 heterocycles. The predicted molar refractivity (Wildman–Crippen MR) is 53.5 cm³/mol. The van der Waals surface area contributed by atoms with Gasteiger partial charge in [-0.3, -0.25) is 4.99 Å². The summed E-state index contributed by atoms with van der Waals surface area (Å²) in [5.41, 5.74) is 0.946. The van der Waals surface area contributed by atoms with Gasteiger partial charge in [0, 0.05) is 11.4 Å². The van der Waals surface area contributed by atoms with Crippen LogP contribution < -0.4 is 10.7 Å². The van der Waals surface area contributed by atoms with Crippen LogP contribution in [0, 0.1) is 0 Å². The summed E-state index contributed by atoms with van der Waals surface area (Å²) in [6.07, 6.45) is 3.90. The Kier molecular flexibility index (Phi) is 1.93. The van der Waals surface area contributed by atoms with Crippen LogP contribution in [0.2, 0.25) is 0 Å². The van der Waals surface area contributed by atoms with Crippen LogP contribution in [0.4, 0.5) is 0 Å². The normalized spacial score (nSPS) is 28.5. The lowest BCUT2D eigenvalue weighted by atomic mass is 10.3. The lowest BCUT2D eigenvalue weighted by molar-refractivity contribution is 0.912. The van der Waals surface area contributed by atoms with Gasteiger partial charge in [0.15, 0.2) is 0 Å². The van der Waals surface area contributed by atoms with Crippen molar-refractivity contribution < 1.29 is 0 Å². The minimum absolute atomic E-state index is 0.0268. The van der Waals surface area contributed by atoms with E-state index in [0.717, 1.165) is 10.7 Å². The zero-order valence-corrected chi connectivity index (χ0v) is 8.50. The molecule has 2 unspecified atom stereocenters. The van der Waals surface area contributed by atoms with Gasteiger partial charge in [-0.15, -0.1) is 11.6 Å². The quantitative estimate of drug-likeness (QED) is 0.414. The molecule has 0 radical (unpaired) electrons. The topological polar surface area (TPSA) is 28.1 Å². The standard InChI is InChI=1S/C7H6ClIN2/c8-5-3-4-1-2-10-7(4)11-6(5)9/h1-3,5-6H,(H,10,11). The Bertz CT molecular complexity index is 336. The van der Waals surface area contributed by atoms with Gasteiger partial charge in [0.1, 0.15) is 9.54 Å². The third kappa shape index (κ3) is 1.31. The summed E-state index contributed by atoms with van der Waals surface area (Å²) in [5.74, 6) is 0. The lowest BCUT2D eigenvalue weighted by Crippen LogP contribution is -2.32. The number of aromatic nitrogens is 1. The Morgan fingerprint density at radius 3 is 3.27 bits per heavy atom. The van der Waals surface area contributed by atoms with E-state index in [-0.39, 0.29) is 9.43 Å². The molecular formula is C7H6ClIN2. The number of H-pyrrole nitrogens is 1. The number of hydrogen-bond acceptors (Lipinski definition) is 1. The Balaban J connectivity index is 2.69. The number of fused-ring (bicyclic) bond motifs is 1. The third-order valence-corrected chi connectivity index (χ3v) is 3.45. The molecule has 58 valence electrons. The van der Waals surface area contributed by atoms with Gasteiger partial charge in [0.05, 0.1) is 5.38 Å². The minimum atomic E-state index is 0.0268. The Hall–Kier alpha value is -0.0300. The second kappa shape index (κ2) is 2.79. The van der Waals surface area contributed by atoms with Gasteiger partial charge in [0.2, 0.25) is 0 Å². The van der Waals surface area contributed by atoms with Gasteiger partial charge >= 0.3 is 0 Å². The molecule has 0 amide bonds. The summed E-state index contributed by atoms with van der Waals surface area (Å²) in [6.45, 7) is 0. The van der Waals surface area contributed by atoms with E-state index in [4.69, 9.17) is 11.6 Å². The molecule has 2 nitrogen and oxygen atoms in total. The van der Waals surface area contributed by atoms with Crippen molar-refractivity contribution in [3.63, 3.8) is 0 Å². The highest BCUT2D eigenvalue weighted by molar-refractivity contribution is 14.1. The summed E-state index contributed by atoms with van der Waals surface area (Å²) in [6, 6.07) is 1.98. The van der Waals surface area contributed by atoms with Crippen LogP contribution in [0.15, 0.2) is 17.3 Å². The van der Waals surface area contributed by atoms with Gasteiger partial charge in [-0.25, -0.2) is 0 Å². The van der Waals surface area contributed by atoms with Gasteiger partial charge in [-0.2, -0.15) is 0 Å². The highest BCUT2D eigenvalue weighted by atomic mass is 127. The number of hydrogen-bond donors (Lipinski definition) is 1. The maximum Gasteiger partial charge on any atom is 0.133 e. The van der Waals surface area contributed by atoms with E-state index in [1.807, 2.05) is 18.3 Å². The summed E-state index contributed by atoms with van der Waals surface area (Å²) < 4.78 is 0.153. The molecule has 4 heteroatoms. The molecule has 2 atom stereocenters. The number of halogens is 2. The van der Waals surface area contributed by atoms with Crippen molar-refractivity contribution in [3.05, 3.63) is 23.0 Å². The first-order chi connectivity index (χ1) is 5.27. The van der Waals surface area contributed by atoms with Crippen LogP contribution in [-0.2, 0) is 0 Å². The Morgan fingerprint density at radius 1 is 1.64 bits per heavy atom. The van der Waals surface area contributed by atoms with Crippen LogP contribution in [0.3, 0.4) is 0 Å². The van der Waals surface area contributed by atoms with Crippen molar-refractivity contribution in [1.82, 2.24) is 4.98 Å². The summed E-state index contributed by atoms with van der Waals surface area (Å²) >= 11 is 8.21. The van der Waals surface area contributed by atoms with Crippen LogP contribution >= 0.6 is 34.2 Å². The maximum absolute atomic E-state index is 5.98. The van der Waals surface area contributed by atoms with Crippen molar-refractivity contribution in [3.8, 4) is 0 Å². The second-order valence-electron chi connectivity index (χ2n) is 2.39. The highest BCUT2D eigenvalue weighted by Crippen LogP contribution is 2.15. The van der Waals surface area contributed by atoms with Gasteiger partial charge in [-0.1, -0.05) is 28.7 Å².